The highest BCUT2D eigenvalue weighted by Crippen LogP contribution is 2.21. The number of hydrogen-bond donors (Lipinski definition) is 2. The van der Waals surface area contributed by atoms with Crippen LogP contribution in [0.1, 0.15) is 38.7 Å². The Kier molecular flexibility index (Phi) is 9.06. The van der Waals surface area contributed by atoms with Gasteiger partial charge >= 0.3 is 11.9 Å². The van der Waals surface area contributed by atoms with E-state index >= 15 is 0 Å². The normalized spacial score (nSPS) is 12.6. The smallest absolute Gasteiger partial charge is 0.308 e. The lowest BCUT2D eigenvalue weighted by Gasteiger charge is -2.22. The number of rotatable bonds is 11. The van der Waals surface area contributed by atoms with E-state index in [0.29, 0.717) is 19.4 Å². The molecule has 0 saturated heterocycles. The number of aliphatic carboxylic acids is 1. The average Bonchev–Trinajstić information content (AvgIpc) is 2.73. The number of amides is 1. The van der Waals surface area contributed by atoms with Crippen LogP contribution in [0.3, 0.4) is 0 Å². The fraction of sp³-hybridized carbons (Fsp3) is 0.375. The molecule has 6 nitrogen and oxygen atoms in total. The van der Waals surface area contributed by atoms with E-state index in [4.69, 9.17) is 9.84 Å². The zero-order valence-corrected chi connectivity index (χ0v) is 17.5. The quantitative estimate of drug-likeness (QED) is 0.548. The van der Waals surface area contributed by atoms with E-state index in [1.165, 1.54) is 0 Å². The van der Waals surface area contributed by atoms with Crippen LogP contribution in [-0.4, -0.2) is 35.6 Å². The first-order valence-corrected chi connectivity index (χ1v) is 10.2. The van der Waals surface area contributed by atoms with Crippen LogP contribution in [0.4, 0.5) is 0 Å². The van der Waals surface area contributed by atoms with Crippen LogP contribution in [0.15, 0.2) is 54.6 Å². The van der Waals surface area contributed by atoms with Gasteiger partial charge in [0.05, 0.1) is 18.9 Å². The van der Waals surface area contributed by atoms with Crippen LogP contribution in [-0.2, 0) is 25.5 Å². The number of ether oxygens (including phenoxy) is 1. The highest BCUT2D eigenvalue weighted by atomic mass is 16.5. The van der Waals surface area contributed by atoms with Crippen molar-refractivity contribution in [3.63, 3.8) is 0 Å². The van der Waals surface area contributed by atoms with Crippen molar-refractivity contribution < 1.29 is 24.2 Å². The third kappa shape index (κ3) is 7.70. The molecule has 6 heteroatoms. The summed E-state index contributed by atoms with van der Waals surface area (Å²) >= 11 is 0. The van der Waals surface area contributed by atoms with E-state index in [2.05, 4.69) is 5.32 Å². The van der Waals surface area contributed by atoms with Crippen molar-refractivity contribution in [2.75, 3.05) is 6.61 Å². The lowest BCUT2D eigenvalue weighted by molar-refractivity contribution is -0.148. The summed E-state index contributed by atoms with van der Waals surface area (Å²) in [6, 6.07) is 17.8. The summed E-state index contributed by atoms with van der Waals surface area (Å²) in [5.74, 6) is -2.03. The fourth-order valence-corrected chi connectivity index (χ4v) is 3.27. The van der Waals surface area contributed by atoms with Gasteiger partial charge in [-0.1, -0.05) is 61.5 Å². The zero-order chi connectivity index (χ0) is 21.9. The molecule has 2 aromatic carbocycles. The van der Waals surface area contributed by atoms with Crippen LogP contribution in [0, 0.1) is 5.92 Å². The molecule has 0 aliphatic heterocycles. The molecule has 0 aliphatic carbocycles. The number of carboxylic acid groups (broad SMARTS) is 1. The van der Waals surface area contributed by atoms with Gasteiger partial charge in [0.15, 0.2) is 0 Å². The van der Waals surface area contributed by atoms with Crippen LogP contribution in [0.5, 0.6) is 0 Å². The predicted octanol–water partition coefficient (Wildman–Crippen LogP) is 3.84. The SMILES string of the molecule is CCOC(=O)[C@H](C)CC(Cc1ccc(-c2ccccc2)cc1)NC(=O)CCC(=O)O. The molecule has 30 heavy (non-hydrogen) atoms. The summed E-state index contributed by atoms with van der Waals surface area (Å²) in [4.78, 5) is 34.9. The zero-order valence-electron chi connectivity index (χ0n) is 17.5. The van der Waals surface area contributed by atoms with Crippen molar-refractivity contribution in [1.29, 1.82) is 0 Å². The molecule has 0 spiro atoms. The minimum absolute atomic E-state index is 0.0907. The number of nitrogens with one attached hydrogen (secondary N) is 1. The number of esters is 1. The lowest BCUT2D eigenvalue weighted by atomic mass is 9.94. The fourth-order valence-electron chi connectivity index (χ4n) is 3.27. The van der Waals surface area contributed by atoms with E-state index in [9.17, 15) is 14.4 Å². The van der Waals surface area contributed by atoms with E-state index in [0.717, 1.165) is 16.7 Å². The first-order valence-electron chi connectivity index (χ1n) is 10.2. The summed E-state index contributed by atoms with van der Waals surface area (Å²) in [5, 5.41) is 11.7. The second-order valence-electron chi connectivity index (χ2n) is 7.31. The molecule has 0 saturated carbocycles. The second kappa shape index (κ2) is 11.8. The summed E-state index contributed by atoms with van der Waals surface area (Å²) in [6.07, 6.45) is 0.639. The molecule has 0 aromatic heterocycles. The minimum atomic E-state index is -1.02. The van der Waals surface area contributed by atoms with Crippen molar-refractivity contribution in [3.05, 3.63) is 60.2 Å². The maximum absolute atomic E-state index is 12.2. The molecule has 2 N–H and O–H groups in total. The van der Waals surface area contributed by atoms with Gasteiger partial charge in [-0.2, -0.15) is 0 Å². The van der Waals surface area contributed by atoms with Crippen molar-refractivity contribution in [1.82, 2.24) is 5.32 Å². The second-order valence-corrected chi connectivity index (χ2v) is 7.31. The average molecular weight is 411 g/mol. The minimum Gasteiger partial charge on any atom is -0.481 e. The van der Waals surface area contributed by atoms with Gasteiger partial charge in [-0.25, -0.2) is 0 Å². The molecular formula is C24H29NO5. The van der Waals surface area contributed by atoms with Gasteiger partial charge in [0.2, 0.25) is 5.91 Å². The molecule has 1 amide bonds. The molecule has 2 aromatic rings. The molecule has 0 heterocycles. The Labute approximate surface area is 177 Å². The van der Waals surface area contributed by atoms with E-state index < -0.39 is 5.97 Å². The number of hydrogen-bond acceptors (Lipinski definition) is 4. The Bertz CT molecular complexity index is 832. The Balaban J connectivity index is 2.07. The summed E-state index contributed by atoms with van der Waals surface area (Å²) in [7, 11) is 0. The van der Waals surface area contributed by atoms with Crippen molar-refractivity contribution >= 4 is 17.8 Å². The molecule has 160 valence electrons. The third-order valence-corrected chi connectivity index (χ3v) is 4.80. The predicted molar refractivity (Wildman–Crippen MR) is 115 cm³/mol. The number of carboxylic acids is 1. The summed E-state index contributed by atoms with van der Waals surface area (Å²) in [5.41, 5.74) is 3.24. The van der Waals surface area contributed by atoms with E-state index in [1.807, 2.05) is 54.6 Å². The van der Waals surface area contributed by atoms with Crippen molar-refractivity contribution in [2.45, 2.75) is 45.6 Å². The molecule has 0 bridgehead atoms. The van der Waals surface area contributed by atoms with Gasteiger partial charge in [0, 0.05) is 12.5 Å². The number of carbonyl (C=O) groups excluding carboxylic acids is 2. The highest BCUT2D eigenvalue weighted by Gasteiger charge is 2.22. The molecule has 0 radical (unpaired) electrons. The summed E-state index contributed by atoms with van der Waals surface area (Å²) in [6.45, 7) is 3.83. The van der Waals surface area contributed by atoms with Crippen LogP contribution in [0.2, 0.25) is 0 Å². The molecule has 2 rings (SSSR count). The standard InChI is InChI=1S/C24H29NO5/c1-3-30-24(29)17(2)15-21(25-22(26)13-14-23(27)28)16-18-9-11-20(12-10-18)19-7-5-4-6-8-19/h4-12,17,21H,3,13-16H2,1-2H3,(H,25,26)(H,27,28)/t17-,21?/m1/s1. The van der Waals surface area contributed by atoms with Gasteiger partial charge < -0.3 is 15.2 Å². The van der Waals surface area contributed by atoms with Crippen LogP contribution in [0.25, 0.3) is 11.1 Å². The largest absolute Gasteiger partial charge is 0.481 e. The van der Waals surface area contributed by atoms with E-state index in [1.54, 1.807) is 13.8 Å². The number of carbonyl (C=O) groups is 3. The topological polar surface area (TPSA) is 92.7 Å². The lowest BCUT2D eigenvalue weighted by Crippen LogP contribution is -2.39. The Morgan fingerprint density at radius 2 is 1.60 bits per heavy atom. The first kappa shape index (κ1) is 23.1. The van der Waals surface area contributed by atoms with Crippen LogP contribution >= 0.6 is 0 Å². The van der Waals surface area contributed by atoms with Gasteiger partial charge in [-0.15, -0.1) is 0 Å². The van der Waals surface area contributed by atoms with Crippen LogP contribution < -0.4 is 5.32 Å². The van der Waals surface area contributed by atoms with Gasteiger partial charge in [0.25, 0.3) is 0 Å². The highest BCUT2D eigenvalue weighted by molar-refractivity contribution is 5.81. The molecule has 2 atom stereocenters. The molecule has 0 aliphatic rings. The number of benzene rings is 2. The Morgan fingerprint density at radius 3 is 2.20 bits per heavy atom. The molecular weight excluding hydrogens is 382 g/mol. The van der Waals surface area contributed by atoms with Crippen molar-refractivity contribution in [2.24, 2.45) is 5.92 Å². The Hall–Kier alpha value is -3.15. The van der Waals surface area contributed by atoms with E-state index in [-0.39, 0.29) is 36.7 Å². The Morgan fingerprint density at radius 1 is 0.967 bits per heavy atom. The van der Waals surface area contributed by atoms with Gasteiger partial charge in [-0.3, -0.25) is 14.4 Å². The summed E-state index contributed by atoms with van der Waals surface area (Å²) < 4.78 is 5.07. The maximum Gasteiger partial charge on any atom is 0.308 e. The maximum atomic E-state index is 12.2. The first-order chi connectivity index (χ1) is 14.4. The van der Waals surface area contributed by atoms with Gasteiger partial charge in [0.1, 0.15) is 0 Å². The molecule has 0 fully saturated rings. The molecule has 1 unspecified atom stereocenters. The third-order valence-electron chi connectivity index (χ3n) is 4.80. The van der Waals surface area contributed by atoms with Crippen molar-refractivity contribution in [3.8, 4) is 11.1 Å². The van der Waals surface area contributed by atoms with Gasteiger partial charge in [-0.05, 0) is 36.5 Å². The monoisotopic (exact) mass is 411 g/mol.